The van der Waals surface area contributed by atoms with E-state index in [-0.39, 0.29) is 22.6 Å². The van der Waals surface area contributed by atoms with E-state index in [0.717, 1.165) is 18.2 Å². The highest BCUT2D eigenvalue weighted by Crippen LogP contribution is 2.28. The Labute approximate surface area is 108 Å². The third-order valence-corrected chi connectivity index (χ3v) is 2.67. The van der Waals surface area contributed by atoms with Crippen molar-refractivity contribution in [3.8, 4) is 5.75 Å². The molecule has 0 aliphatic heterocycles. The SMILES string of the molecule is COc1c(N)cccc1C(=O)c1cc(F)ccc1F. The molecule has 0 saturated heterocycles. The van der Waals surface area contributed by atoms with E-state index in [4.69, 9.17) is 10.5 Å². The van der Waals surface area contributed by atoms with Gasteiger partial charge in [0.2, 0.25) is 0 Å². The van der Waals surface area contributed by atoms with Crippen LogP contribution in [0.4, 0.5) is 14.5 Å². The van der Waals surface area contributed by atoms with Gasteiger partial charge >= 0.3 is 0 Å². The number of ketones is 1. The molecule has 3 nitrogen and oxygen atoms in total. The second-order valence-corrected chi connectivity index (χ2v) is 3.88. The number of halogens is 2. The molecular weight excluding hydrogens is 252 g/mol. The van der Waals surface area contributed by atoms with Crippen LogP contribution in [-0.2, 0) is 0 Å². The van der Waals surface area contributed by atoms with Crippen molar-refractivity contribution >= 4 is 11.5 Å². The first-order valence-electron chi connectivity index (χ1n) is 5.47. The summed E-state index contributed by atoms with van der Waals surface area (Å²) in [4.78, 5) is 12.2. The number of ether oxygens (including phenoxy) is 1. The molecule has 19 heavy (non-hydrogen) atoms. The largest absolute Gasteiger partial charge is 0.494 e. The fourth-order valence-corrected chi connectivity index (χ4v) is 1.78. The van der Waals surface area contributed by atoms with Gasteiger partial charge in [-0.15, -0.1) is 0 Å². The number of methoxy groups -OCH3 is 1. The van der Waals surface area contributed by atoms with Gasteiger partial charge in [0.25, 0.3) is 0 Å². The van der Waals surface area contributed by atoms with E-state index in [9.17, 15) is 13.6 Å². The molecule has 0 radical (unpaired) electrons. The molecule has 2 aromatic rings. The lowest BCUT2D eigenvalue weighted by atomic mass is 10.0. The molecule has 98 valence electrons. The Morgan fingerprint density at radius 1 is 1.16 bits per heavy atom. The third kappa shape index (κ3) is 2.40. The van der Waals surface area contributed by atoms with Crippen molar-refractivity contribution in [1.82, 2.24) is 0 Å². The summed E-state index contributed by atoms with van der Waals surface area (Å²) in [7, 11) is 1.35. The predicted molar refractivity (Wildman–Crippen MR) is 67.2 cm³/mol. The van der Waals surface area contributed by atoms with E-state index in [1.54, 1.807) is 12.1 Å². The lowest BCUT2D eigenvalue weighted by molar-refractivity contribution is 0.103. The summed E-state index contributed by atoms with van der Waals surface area (Å²) in [6.45, 7) is 0. The van der Waals surface area contributed by atoms with E-state index < -0.39 is 17.4 Å². The minimum absolute atomic E-state index is 0.0898. The van der Waals surface area contributed by atoms with Crippen molar-refractivity contribution in [2.45, 2.75) is 0 Å². The normalized spacial score (nSPS) is 10.3. The fourth-order valence-electron chi connectivity index (χ4n) is 1.78. The fraction of sp³-hybridized carbons (Fsp3) is 0.0714. The van der Waals surface area contributed by atoms with Gasteiger partial charge < -0.3 is 10.5 Å². The van der Waals surface area contributed by atoms with Crippen LogP contribution < -0.4 is 10.5 Å². The van der Waals surface area contributed by atoms with Crippen LogP contribution in [-0.4, -0.2) is 12.9 Å². The standard InChI is InChI=1S/C14H11F2NO2/c1-19-14-9(3-2-4-12(14)17)13(18)10-7-8(15)5-6-11(10)16/h2-7H,17H2,1H3. The molecule has 0 heterocycles. The quantitative estimate of drug-likeness (QED) is 0.684. The van der Waals surface area contributed by atoms with E-state index in [1.807, 2.05) is 0 Å². The molecular formula is C14H11F2NO2. The first-order chi connectivity index (χ1) is 9.04. The van der Waals surface area contributed by atoms with Gasteiger partial charge in [0.1, 0.15) is 11.6 Å². The molecule has 2 aromatic carbocycles. The Hall–Kier alpha value is -2.43. The molecule has 0 saturated carbocycles. The molecule has 0 amide bonds. The molecule has 0 aliphatic rings. The second-order valence-electron chi connectivity index (χ2n) is 3.88. The van der Waals surface area contributed by atoms with Crippen LogP contribution in [0.15, 0.2) is 36.4 Å². The van der Waals surface area contributed by atoms with Crippen LogP contribution in [0.25, 0.3) is 0 Å². The van der Waals surface area contributed by atoms with Gasteiger partial charge in [0.15, 0.2) is 11.5 Å². The highest BCUT2D eigenvalue weighted by atomic mass is 19.1. The molecule has 2 rings (SSSR count). The van der Waals surface area contributed by atoms with Crippen molar-refractivity contribution in [3.63, 3.8) is 0 Å². The van der Waals surface area contributed by atoms with Crippen LogP contribution >= 0.6 is 0 Å². The maximum atomic E-state index is 13.6. The second kappa shape index (κ2) is 5.06. The summed E-state index contributed by atoms with van der Waals surface area (Å²) < 4.78 is 31.7. The van der Waals surface area contributed by atoms with Crippen molar-refractivity contribution in [2.24, 2.45) is 0 Å². The van der Waals surface area contributed by atoms with E-state index in [2.05, 4.69) is 0 Å². The Balaban J connectivity index is 2.56. The molecule has 0 bridgehead atoms. The molecule has 2 N–H and O–H groups in total. The molecule has 0 spiro atoms. The van der Waals surface area contributed by atoms with E-state index in [0.29, 0.717) is 0 Å². The highest BCUT2D eigenvalue weighted by molar-refractivity contribution is 6.11. The average molecular weight is 263 g/mol. The van der Waals surface area contributed by atoms with E-state index >= 15 is 0 Å². The summed E-state index contributed by atoms with van der Waals surface area (Å²) in [5, 5.41) is 0. The van der Waals surface area contributed by atoms with Gasteiger partial charge in [-0.2, -0.15) is 0 Å². The summed E-state index contributed by atoms with van der Waals surface area (Å²) >= 11 is 0. The van der Waals surface area contributed by atoms with Crippen LogP contribution in [0, 0.1) is 11.6 Å². The third-order valence-electron chi connectivity index (χ3n) is 2.67. The number of hydrogen-bond donors (Lipinski definition) is 1. The van der Waals surface area contributed by atoms with E-state index in [1.165, 1.54) is 13.2 Å². The van der Waals surface area contributed by atoms with Gasteiger partial charge in [-0.3, -0.25) is 4.79 Å². The first-order valence-corrected chi connectivity index (χ1v) is 5.47. The van der Waals surface area contributed by atoms with Gasteiger partial charge in [-0.05, 0) is 30.3 Å². The molecule has 0 unspecified atom stereocenters. The maximum absolute atomic E-state index is 13.6. The highest BCUT2D eigenvalue weighted by Gasteiger charge is 2.19. The number of nitrogen functional groups attached to an aromatic ring is 1. The molecule has 0 aromatic heterocycles. The van der Waals surface area contributed by atoms with Crippen molar-refractivity contribution in [2.75, 3.05) is 12.8 Å². The number of para-hydroxylation sites is 1. The number of rotatable bonds is 3. The Morgan fingerprint density at radius 3 is 2.58 bits per heavy atom. The summed E-state index contributed by atoms with van der Waals surface area (Å²) in [6.07, 6.45) is 0. The van der Waals surface area contributed by atoms with Crippen LogP contribution in [0.3, 0.4) is 0 Å². The van der Waals surface area contributed by atoms with Gasteiger partial charge in [0.05, 0.1) is 23.9 Å². The molecule has 5 heteroatoms. The Kier molecular flexibility index (Phi) is 3.46. The zero-order valence-corrected chi connectivity index (χ0v) is 10.1. The summed E-state index contributed by atoms with van der Waals surface area (Å²) in [6, 6.07) is 7.24. The zero-order chi connectivity index (χ0) is 14.0. The molecule has 0 atom stereocenters. The number of carbonyl (C=O) groups excluding carboxylic acids is 1. The van der Waals surface area contributed by atoms with Crippen molar-refractivity contribution in [3.05, 3.63) is 59.2 Å². The van der Waals surface area contributed by atoms with Gasteiger partial charge in [-0.25, -0.2) is 8.78 Å². The molecule has 0 aliphatic carbocycles. The Bertz CT molecular complexity index is 641. The van der Waals surface area contributed by atoms with Crippen molar-refractivity contribution < 1.29 is 18.3 Å². The van der Waals surface area contributed by atoms with Crippen LogP contribution in [0.2, 0.25) is 0 Å². The van der Waals surface area contributed by atoms with Crippen LogP contribution in [0.5, 0.6) is 5.75 Å². The predicted octanol–water partition coefficient (Wildman–Crippen LogP) is 2.79. The van der Waals surface area contributed by atoms with Gasteiger partial charge in [0, 0.05) is 0 Å². The lowest BCUT2D eigenvalue weighted by Gasteiger charge is -2.10. The number of hydrogen-bond acceptors (Lipinski definition) is 3. The van der Waals surface area contributed by atoms with Gasteiger partial charge in [-0.1, -0.05) is 6.07 Å². The zero-order valence-electron chi connectivity index (χ0n) is 10.1. The minimum atomic E-state index is -0.795. The number of anilines is 1. The average Bonchev–Trinajstić information content (AvgIpc) is 2.40. The monoisotopic (exact) mass is 263 g/mol. The Morgan fingerprint density at radius 2 is 1.89 bits per heavy atom. The maximum Gasteiger partial charge on any atom is 0.199 e. The van der Waals surface area contributed by atoms with Crippen LogP contribution in [0.1, 0.15) is 15.9 Å². The number of benzene rings is 2. The topological polar surface area (TPSA) is 52.3 Å². The number of carbonyl (C=O) groups is 1. The first kappa shape index (κ1) is 13.0. The summed E-state index contributed by atoms with van der Waals surface area (Å²) in [5.41, 5.74) is 5.66. The lowest BCUT2D eigenvalue weighted by Crippen LogP contribution is -2.08. The minimum Gasteiger partial charge on any atom is -0.494 e. The summed E-state index contributed by atoms with van der Waals surface area (Å²) in [5.74, 6) is -2.01. The number of nitrogens with two attached hydrogens (primary N) is 1. The molecule has 0 fully saturated rings. The van der Waals surface area contributed by atoms with Crippen molar-refractivity contribution in [1.29, 1.82) is 0 Å². The smallest absolute Gasteiger partial charge is 0.199 e.